The second-order valence-electron chi connectivity index (χ2n) is 6.35. The van der Waals surface area contributed by atoms with Gasteiger partial charge in [0.2, 0.25) is 5.91 Å². The number of hydrogen-bond donors (Lipinski definition) is 2. The van der Waals surface area contributed by atoms with Crippen molar-refractivity contribution in [2.24, 2.45) is 0 Å². The summed E-state index contributed by atoms with van der Waals surface area (Å²) in [4.78, 5) is 23.6. The predicted molar refractivity (Wildman–Crippen MR) is 82.2 cm³/mol. The van der Waals surface area contributed by atoms with Crippen LogP contribution in [0.25, 0.3) is 0 Å². The van der Waals surface area contributed by atoms with Crippen LogP contribution in [-0.4, -0.2) is 40.9 Å². The summed E-state index contributed by atoms with van der Waals surface area (Å²) in [7, 11) is 0. The number of carboxylic acid groups (broad SMARTS) is 1. The van der Waals surface area contributed by atoms with Gasteiger partial charge in [0.15, 0.2) is 0 Å². The molecule has 7 heteroatoms. The molecule has 2 heterocycles. The minimum atomic E-state index is -0.911. The molecule has 1 aromatic rings. The first-order chi connectivity index (χ1) is 10.8. The van der Waals surface area contributed by atoms with Crippen molar-refractivity contribution < 1.29 is 24.0 Å². The number of aromatic nitrogens is 1. The van der Waals surface area contributed by atoms with Gasteiger partial charge in [0.05, 0.1) is 17.7 Å². The smallest absolute Gasteiger partial charge is 0.305 e. The molecule has 2 rings (SSSR count). The van der Waals surface area contributed by atoms with Crippen LogP contribution in [0.4, 0.5) is 0 Å². The molecular weight excluding hydrogens is 300 g/mol. The van der Waals surface area contributed by atoms with E-state index in [4.69, 9.17) is 14.4 Å². The first-order valence-corrected chi connectivity index (χ1v) is 7.86. The third-order valence-corrected chi connectivity index (χ3v) is 4.42. The SMILES string of the molecule is Cc1noc(C)c1C(C)CC(=O)NC1(CC(=O)O)CCOCC1. The Kier molecular flexibility index (Phi) is 5.41. The van der Waals surface area contributed by atoms with E-state index in [0.29, 0.717) is 31.8 Å². The fraction of sp³-hybridized carbons (Fsp3) is 0.688. The van der Waals surface area contributed by atoms with Crippen LogP contribution < -0.4 is 5.32 Å². The number of hydrogen-bond acceptors (Lipinski definition) is 5. The first-order valence-electron chi connectivity index (χ1n) is 7.86. The van der Waals surface area contributed by atoms with Crippen molar-refractivity contribution in [1.82, 2.24) is 10.5 Å². The molecular formula is C16H24N2O5. The summed E-state index contributed by atoms with van der Waals surface area (Å²) >= 11 is 0. The van der Waals surface area contributed by atoms with E-state index >= 15 is 0 Å². The highest BCUT2D eigenvalue weighted by Crippen LogP contribution is 2.28. The summed E-state index contributed by atoms with van der Waals surface area (Å²) in [6.07, 6.45) is 1.22. The highest BCUT2D eigenvalue weighted by molar-refractivity contribution is 5.79. The number of amides is 1. The van der Waals surface area contributed by atoms with Gasteiger partial charge in [-0.05, 0) is 32.6 Å². The van der Waals surface area contributed by atoms with E-state index in [1.54, 1.807) is 0 Å². The van der Waals surface area contributed by atoms with E-state index in [2.05, 4.69) is 10.5 Å². The van der Waals surface area contributed by atoms with E-state index in [9.17, 15) is 9.59 Å². The van der Waals surface area contributed by atoms with Gasteiger partial charge in [-0.1, -0.05) is 12.1 Å². The van der Waals surface area contributed by atoms with Gasteiger partial charge in [-0.15, -0.1) is 0 Å². The van der Waals surface area contributed by atoms with Gasteiger partial charge in [0, 0.05) is 25.2 Å². The zero-order valence-corrected chi connectivity index (χ0v) is 13.8. The van der Waals surface area contributed by atoms with Crippen LogP contribution in [0.3, 0.4) is 0 Å². The van der Waals surface area contributed by atoms with Crippen LogP contribution in [0.15, 0.2) is 4.52 Å². The molecule has 1 unspecified atom stereocenters. The Hall–Kier alpha value is -1.89. The van der Waals surface area contributed by atoms with Gasteiger partial charge in [-0.3, -0.25) is 9.59 Å². The number of aryl methyl sites for hydroxylation is 2. The van der Waals surface area contributed by atoms with Crippen LogP contribution in [0, 0.1) is 13.8 Å². The van der Waals surface area contributed by atoms with Gasteiger partial charge >= 0.3 is 5.97 Å². The highest BCUT2D eigenvalue weighted by Gasteiger charge is 2.36. The van der Waals surface area contributed by atoms with E-state index in [1.165, 1.54) is 0 Å². The third-order valence-electron chi connectivity index (χ3n) is 4.42. The Balaban J connectivity index is 2.03. The minimum absolute atomic E-state index is 0.0389. The molecule has 0 aromatic carbocycles. The lowest BCUT2D eigenvalue weighted by Crippen LogP contribution is -2.53. The van der Waals surface area contributed by atoms with E-state index in [0.717, 1.165) is 11.3 Å². The summed E-state index contributed by atoms with van der Waals surface area (Å²) < 4.78 is 10.4. The fourth-order valence-corrected chi connectivity index (χ4v) is 3.32. The molecule has 0 bridgehead atoms. The molecule has 1 aliphatic rings. The molecule has 0 spiro atoms. The molecule has 1 amide bonds. The normalized spacial score (nSPS) is 18.4. The van der Waals surface area contributed by atoms with Crippen LogP contribution in [-0.2, 0) is 14.3 Å². The Morgan fingerprint density at radius 1 is 1.35 bits per heavy atom. The number of carboxylic acids is 1. The largest absolute Gasteiger partial charge is 0.481 e. The summed E-state index contributed by atoms with van der Waals surface area (Å²) in [6.45, 7) is 6.55. The monoisotopic (exact) mass is 324 g/mol. The van der Waals surface area contributed by atoms with Crippen molar-refractivity contribution in [2.75, 3.05) is 13.2 Å². The van der Waals surface area contributed by atoms with Crippen molar-refractivity contribution in [3.63, 3.8) is 0 Å². The second kappa shape index (κ2) is 7.12. The molecule has 7 nitrogen and oxygen atoms in total. The first kappa shape index (κ1) is 17.5. The van der Waals surface area contributed by atoms with Crippen molar-refractivity contribution in [3.8, 4) is 0 Å². The average molecular weight is 324 g/mol. The number of carbonyl (C=O) groups excluding carboxylic acids is 1. The maximum atomic E-state index is 12.4. The lowest BCUT2D eigenvalue weighted by atomic mass is 9.86. The van der Waals surface area contributed by atoms with Crippen LogP contribution in [0.1, 0.15) is 55.5 Å². The third kappa shape index (κ3) is 4.31. The van der Waals surface area contributed by atoms with Crippen molar-refractivity contribution in [2.45, 2.75) is 57.9 Å². The maximum Gasteiger partial charge on any atom is 0.305 e. The molecule has 1 atom stereocenters. The van der Waals surface area contributed by atoms with Crippen molar-refractivity contribution >= 4 is 11.9 Å². The number of ether oxygens (including phenoxy) is 1. The van der Waals surface area contributed by atoms with Crippen LogP contribution >= 0.6 is 0 Å². The van der Waals surface area contributed by atoms with E-state index < -0.39 is 11.5 Å². The minimum Gasteiger partial charge on any atom is -0.481 e. The van der Waals surface area contributed by atoms with Crippen LogP contribution in [0.2, 0.25) is 0 Å². The number of aliphatic carboxylic acids is 1. The molecule has 128 valence electrons. The zero-order chi connectivity index (χ0) is 17.0. The molecule has 0 saturated carbocycles. The molecule has 2 N–H and O–H groups in total. The van der Waals surface area contributed by atoms with Gasteiger partial charge in [0.1, 0.15) is 5.76 Å². The Morgan fingerprint density at radius 3 is 2.52 bits per heavy atom. The topological polar surface area (TPSA) is 102 Å². The Bertz CT molecular complexity index is 556. The molecule has 23 heavy (non-hydrogen) atoms. The molecule has 1 aromatic heterocycles. The quantitative estimate of drug-likeness (QED) is 0.829. The number of nitrogens with zero attached hydrogens (tertiary/aromatic N) is 1. The Labute approximate surface area is 135 Å². The van der Waals surface area contributed by atoms with Crippen molar-refractivity contribution in [3.05, 3.63) is 17.0 Å². The Morgan fingerprint density at radius 2 is 2.00 bits per heavy atom. The highest BCUT2D eigenvalue weighted by atomic mass is 16.5. The lowest BCUT2D eigenvalue weighted by molar-refractivity contribution is -0.140. The number of carbonyl (C=O) groups is 2. The summed E-state index contributed by atoms with van der Waals surface area (Å²) in [5, 5.41) is 16.0. The zero-order valence-electron chi connectivity index (χ0n) is 13.8. The molecule has 0 radical (unpaired) electrons. The van der Waals surface area contributed by atoms with Crippen LogP contribution in [0.5, 0.6) is 0 Å². The summed E-state index contributed by atoms with van der Waals surface area (Å²) in [5.74, 6) is -0.385. The molecule has 1 saturated heterocycles. The molecule has 1 aliphatic heterocycles. The number of rotatable bonds is 6. The second-order valence-corrected chi connectivity index (χ2v) is 6.35. The van der Waals surface area contributed by atoms with Gasteiger partial charge in [-0.25, -0.2) is 0 Å². The lowest BCUT2D eigenvalue weighted by Gasteiger charge is -2.37. The van der Waals surface area contributed by atoms with Gasteiger partial charge < -0.3 is 19.7 Å². The standard InChI is InChI=1S/C16H24N2O5/c1-10(15-11(2)18-23-12(15)3)8-13(19)17-16(9-14(20)21)4-6-22-7-5-16/h10H,4-9H2,1-3H3,(H,17,19)(H,20,21). The van der Waals surface area contributed by atoms with Gasteiger partial charge in [-0.2, -0.15) is 0 Å². The average Bonchev–Trinajstić information content (AvgIpc) is 2.77. The number of nitrogens with one attached hydrogen (secondary N) is 1. The maximum absolute atomic E-state index is 12.4. The molecule has 1 fully saturated rings. The van der Waals surface area contributed by atoms with Gasteiger partial charge in [0.25, 0.3) is 0 Å². The predicted octanol–water partition coefficient (Wildman–Crippen LogP) is 1.93. The summed E-state index contributed by atoms with van der Waals surface area (Å²) in [6, 6.07) is 0. The summed E-state index contributed by atoms with van der Waals surface area (Å²) in [5.41, 5.74) is 1.02. The molecule has 0 aliphatic carbocycles. The van der Waals surface area contributed by atoms with Crippen molar-refractivity contribution in [1.29, 1.82) is 0 Å². The van der Waals surface area contributed by atoms with E-state index in [-0.39, 0.29) is 24.7 Å². The van der Waals surface area contributed by atoms with E-state index in [1.807, 2.05) is 20.8 Å². The fourth-order valence-electron chi connectivity index (χ4n) is 3.32.